The highest BCUT2D eigenvalue weighted by molar-refractivity contribution is 7.99. The van der Waals surface area contributed by atoms with E-state index < -0.39 is 0 Å². The minimum atomic E-state index is -0.235. The predicted octanol–water partition coefficient (Wildman–Crippen LogP) is 6.08. The number of para-hydroxylation sites is 1. The number of carbonyl (C=O) groups is 1. The van der Waals surface area contributed by atoms with Gasteiger partial charge >= 0.3 is 0 Å². The molecule has 3 aromatic rings. The average molecular weight is 490 g/mol. The summed E-state index contributed by atoms with van der Waals surface area (Å²) in [5.74, 6) is 1.40. The minimum Gasteiger partial charge on any atom is -0.492 e. The first-order valence-electron chi connectivity index (χ1n) is 11.5. The van der Waals surface area contributed by atoms with Gasteiger partial charge in [-0.1, -0.05) is 31.3 Å². The number of likely N-dealkylation sites (N-methyl/N-ethyl adjacent to an activating group) is 1. The highest BCUT2D eigenvalue weighted by atomic mass is 32.2. The van der Waals surface area contributed by atoms with Crippen LogP contribution in [-0.2, 0) is 4.79 Å². The van der Waals surface area contributed by atoms with E-state index in [0.29, 0.717) is 19.6 Å². The van der Waals surface area contributed by atoms with E-state index in [-0.39, 0.29) is 11.7 Å². The van der Waals surface area contributed by atoms with Crippen molar-refractivity contribution in [2.24, 2.45) is 0 Å². The molecule has 2 aromatic carbocycles. The summed E-state index contributed by atoms with van der Waals surface area (Å²) in [7, 11) is 0. The molecule has 0 aliphatic rings. The number of ether oxygens (including phenoxy) is 1. The van der Waals surface area contributed by atoms with Crippen LogP contribution in [0.2, 0.25) is 0 Å². The van der Waals surface area contributed by atoms with Crippen LogP contribution in [0.3, 0.4) is 0 Å². The molecular formula is C25H32FN3O2S2. The summed E-state index contributed by atoms with van der Waals surface area (Å²) >= 11 is 3.17. The Labute approximate surface area is 203 Å². The van der Waals surface area contributed by atoms with E-state index >= 15 is 0 Å². The molecule has 0 atom stereocenters. The number of hydrogen-bond donors (Lipinski definition) is 0. The van der Waals surface area contributed by atoms with Gasteiger partial charge in [-0.05, 0) is 68.6 Å². The number of hydrogen-bond acceptors (Lipinski definition) is 6. The first kappa shape index (κ1) is 25.5. The van der Waals surface area contributed by atoms with E-state index in [4.69, 9.17) is 9.72 Å². The monoisotopic (exact) mass is 489 g/mol. The molecule has 1 amide bonds. The molecule has 5 nitrogen and oxygen atoms in total. The normalized spacial score (nSPS) is 11.3. The summed E-state index contributed by atoms with van der Waals surface area (Å²) in [4.78, 5) is 23.2. The Morgan fingerprint density at radius 3 is 2.55 bits per heavy atom. The fourth-order valence-electron chi connectivity index (χ4n) is 3.49. The first-order valence-corrected chi connectivity index (χ1v) is 13.3. The molecule has 33 heavy (non-hydrogen) atoms. The van der Waals surface area contributed by atoms with Gasteiger partial charge in [-0.15, -0.1) is 11.8 Å². The van der Waals surface area contributed by atoms with Crippen LogP contribution < -0.4 is 9.64 Å². The number of amides is 1. The Morgan fingerprint density at radius 2 is 1.85 bits per heavy atom. The molecular weight excluding hydrogens is 457 g/mol. The zero-order chi connectivity index (χ0) is 23.6. The lowest BCUT2D eigenvalue weighted by molar-refractivity contribution is -0.118. The van der Waals surface area contributed by atoms with Crippen molar-refractivity contribution < 1.29 is 13.9 Å². The lowest BCUT2D eigenvalue weighted by Gasteiger charge is -2.24. The molecule has 0 radical (unpaired) electrons. The molecule has 0 aliphatic heterocycles. The van der Waals surface area contributed by atoms with Crippen LogP contribution in [0.5, 0.6) is 5.75 Å². The molecule has 1 heterocycles. The summed E-state index contributed by atoms with van der Waals surface area (Å²) in [6, 6.07) is 12.4. The number of aromatic nitrogens is 1. The van der Waals surface area contributed by atoms with E-state index in [1.807, 2.05) is 30.0 Å². The number of halogens is 1. The van der Waals surface area contributed by atoms with Crippen LogP contribution in [-0.4, -0.2) is 54.3 Å². The van der Waals surface area contributed by atoms with Crippen molar-refractivity contribution in [2.45, 2.75) is 38.5 Å². The molecule has 178 valence electrons. The summed E-state index contributed by atoms with van der Waals surface area (Å²) in [5, 5.41) is 0.723. The van der Waals surface area contributed by atoms with Gasteiger partial charge in [0.05, 0.1) is 11.3 Å². The van der Waals surface area contributed by atoms with Crippen LogP contribution in [0.1, 0.15) is 33.6 Å². The average Bonchev–Trinajstić information content (AvgIpc) is 3.26. The zero-order valence-electron chi connectivity index (χ0n) is 19.6. The molecule has 0 saturated carbocycles. The summed E-state index contributed by atoms with van der Waals surface area (Å²) in [6.07, 6.45) is 1.19. The van der Waals surface area contributed by atoms with Crippen molar-refractivity contribution in [3.63, 3.8) is 0 Å². The highest BCUT2D eigenvalue weighted by Gasteiger charge is 2.21. The molecule has 1 aromatic heterocycles. The van der Waals surface area contributed by atoms with Gasteiger partial charge in [0, 0.05) is 24.4 Å². The van der Waals surface area contributed by atoms with Crippen LogP contribution in [0.4, 0.5) is 9.52 Å². The van der Waals surface area contributed by atoms with Crippen molar-refractivity contribution in [1.82, 2.24) is 9.88 Å². The molecule has 0 spiro atoms. The van der Waals surface area contributed by atoms with E-state index in [2.05, 4.69) is 18.7 Å². The Kier molecular flexibility index (Phi) is 9.96. The number of thiazole rings is 1. The van der Waals surface area contributed by atoms with Crippen molar-refractivity contribution in [2.75, 3.05) is 43.4 Å². The maximum absolute atomic E-state index is 13.3. The topological polar surface area (TPSA) is 45.7 Å². The number of thioether (sulfide) groups is 1. The lowest BCUT2D eigenvalue weighted by atomic mass is 10.3. The first-order chi connectivity index (χ1) is 16.0. The zero-order valence-corrected chi connectivity index (χ0v) is 21.2. The number of benzene rings is 2. The van der Waals surface area contributed by atoms with E-state index in [1.54, 1.807) is 23.9 Å². The van der Waals surface area contributed by atoms with Gasteiger partial charge in [-0.3, -0.25) is 9.69 Å². The molecule has 0 saturated heterocycles. The second kappa shape index (κ2) is 12.9. The predicted molar refractivity (Wildman–Crippen MR) is 137 cm³/mol. The fraction of sp³-hybridized carbons (Fsp3) is 0.440. The Balaban J connectivity index is 1.70. The third-order valence-electron chi connectivity index (χ3n) is 5.35. The smallest absolute Gasteiger partial charge is 0.228 e. The van der Waals surface area contributed by atoms with Gasteiger partial charge in [-0.25, -0.2) is 9.37 Å². The van der Waals surface area contributed by atoms with Crippen molar-refractivity contribution in [1.29, 1.82) is 0 Å². The third-order valence-corrected chi connectivity index (χ3v) is 7.50. The van der Waals surface area contributed by atoms with Gasteiger partial charge in [0.1, 0.15) is 17.1 Å². The largest absolute Gasteiger partial charge is 0.492 e. The highest BCUT2D eigenvalue weighted by Crippen LogP contribution is 2.34. The maximum Gasteiger partial charge on any atom is 0.228 e. The standard InChI is InChI=1S/C25H32FN3O2S2/c1-4-28(5-2)16-17-29(23(30)11-8-18-32-20-14-12-19(26)13-15-20)25-27-24-21(31-6-3)9-7-10-22(24)33-25/h7,9-10,12-15H,4-6,8,11,16-18H2,1-3H3. The Morgan fingerprint density at radius 1 is 1.09 bits per heavy atom. The number of rotatable bonds is 13. The third kappa shape index (κ3) is 7.16. The van der Waals surface area contributed by atoms with Crippen LogP contribution in [0, 0.1) is 5.82 Å². The SMILES string of the molecule is CCOc1cccc2sc(N(CCN(CC)CC)C(=O)CCCSc3ccc(F)cc3)nc12. The molecule has 0 bridgehead atoms. The van der Waals surface area contributed by atoms with Crippen molar-refractivity contribution >= 4 is 44.4 Å². The van der Waals surface area contributed by atoms with Crippen LogP contribution in [0.25, 0.3) is 10.2 Å². The number of fused-ring (bicyclic) bond motifs is 1. The molecule has 0 N–H and O–H groups in total. The molecule has 0 unspecified atom stereocenters. The number of anilines is 1. The number of nitrogens with zero attached hydrogens (tertiary/aromatic N) is 3. The summed E-state index contributed by atoms with van der Waals surface area (Å²) in [5.41, 5.74) is 0.812. The molecule has 3 rings (SSSR count). The van der Waals surface area contributed by atoms with E-state index in [9.17, 15) is 9.18 Å². The maximum atomic E-state index is 13.3. The van der Waals surface area contributed by atoms with Gasteiger partial charge in [-0.2, -0.15) is 0 Å². The lowest BCUT2D eigenvalue weighted by Crippen LogP contribution is -2.38. The van der Waals surface area contributed by atoms with E-state index in [1.165, 1.54) is 23.5 Å². The van der Waals surface area contributed by atoms with Gasteiger partial charge in [0.2, 0.25) is 5.91 Å². The summed E-state index contributed by atoms with van der Waals surface area (Å²) < 4.78 is 19.8. The van der Waals surface area contributed by atoms with Gasteiger partial charge in [0.25, 0.3) is 0 Å². The quantitative estimate of drug-likeness (QED) is 0.215. The van der Waals surface area contributed by atoms with Gasteiger partial charge < -0.3 is 9.64 Å². The van der Waals surface area contributed by atoms with Crippen LogP contribution in [0.15, 0.2) is 47.4 Å². The summed E-state index contributed by atoms with van der Waals surface area (Å²) in [6.45, 7) is 10.1. The molecule has 0 aliphatic carbocycles. The Bertz CT molecular complexity index is 1020. The second-order valence-corrected chi connectivity index (χ2v) is 9.69. The second-order valence-electron chi connectivity index (χ2n) is 7.51. The van der Waals surface area contributed by atoms with Gasteiger partial charge in [0.15, 0.2) is 5.13 Å². The number of carbonyl (C=O) groups excluding carboxylic acids is 1. The molecule has 0 fully saturated rings. The van der Waals surface area contributed by atoms with E-state index in [0.717, 1.165) is 57.8 Å². The minimum absolute atomic E-state index is 0.0823. The fourth-order valence-corrected chi connectivity index (χ4v) is 5.37. The molecule has 8 heteroatoms. The Hall–Kier alpha value is -2.16. The van der Waals surface area contributed by atoms with Crippen LogP contribution >= 0.6 is 23.1 Å². The van der Waals surface area contributed by atoms with Crippen molar-refractivity contribution in [3.8, 4) is 5.75 Å². The van der Waals surface area contributed by atoms with Crippen molar-refractivity contribution in [3.05, 3.63) is 48.3 Å².